The van der Waals surface area contributed by atoms with Gasteiger partial charge in [-0.25, -0.2) is 0 Å². The van der Waals surface area contributed by atoms with Crippen LogP contribution < -0.4 is 5.32 Å². The van der Waals surface area contributed by atoms with E-state index in [1.807, 2.05) is 0 Å². The predicted molar refractivity (Wildman–Crippen MR) is 88.9 cm³/mol. The maximum Gasteiger partial charge on any atom is 0.223 e. The van der Waals surface area contributed by atoms with E-state index in [0.717, 1.165) is 32.6 Å². The summed E-state index contributed by atoms with van der Waals surface area (Å²) in [5.74, 6) is 1.24. The number of halogens is 1. The van der Waals surface area contributed by atoms with Crippen LogP contribution in [0.4, 0.5) is 5.69 Å². The highest BCUT2D eigenvalue weighted by molar-refractivity contribution is 5.85. The standard InChI is InChI=1S/C16H20N4O2.ClH/c1-11-18-16(19-22-11)14-10-20(7-8-21-14)9-13-4-2-3-12-5-6-17-15(12)13;/h2-4,14,17H,5-10H2,1H3;1H. The SMILES string of the molecule is Cc1nc(C2CN(Cc3cccc4c3NCC4)CCO2)no1.Cl. The number of hydrogen-bond acceptors (Lipinski definition) is 6. The Kier molecular flexibility index (Phi) is 4.84. The number of benzene rings is 1. The third kappa shape index (κ3) is 3.34. The van der Waals surface area contributed by atoms with Crippen molar-refractivity contribution >= 4 is 18.1 Å². The van der Waals surface area contributed by atoms with Crippen LogP contribution in [0.3, 0.4) is 0 Å². The molecule has 0 amide bonds. The first-order valence-electron chi connectivity index (χ1n) is 7.78. The number of anilines is 1. The highest BCUT2D eigenvalue weighted by atomic mass is 35.5. The Hall–Kier alpha value is -1.63. The average molecular weight is 337 g/mol. The van der Waals surface area contributed by atoms with Crippen LogP contribution in [-0.2, 0) is 17.7 Å². The molecule has 2 aromatic rings. The summed E-state index contributed by atoms with van der Waals surface area (Å²) in [6.45, 7) is 6.18. The normalized spacial score (nSPS) is 20.7. The van der Waals surface area contributed by atoms with Crippen molar-refractivity contribution in [2.75, 3.05) is 31.6 Å². The van der Waals surface area contributed by atoms with Gasteiger partial charge >= 0.3 is 0 Å². The van der Waals surface area contributed by atoms with E-state index in [0.29, 0.717) is 18.3 Å². The zero-order valence-corrected chi connectivity index (χ0v) is 13.9. The molecule has 4 rings (SSSR count). The molecule has 0 spiro atoms. The van der Waals surface area contributed by atoms with Crippen LogP contribution in [0.2, 0.25) is 0 Å². The largest absolute Gasteiger partial charge is 0.384 e. The smallest absolute Gasteiger partial charge is 0.223 e. The Bertz CT molecular complexity index is 676. The monoisotopic (exact) mass is 336 g/mol. The van der Waals surface area contributed by atoms with Crippen LogP contribution in [-0.4, -0.2) is 41.3 Å². The van der Waals surface area contributed by atoms with Crippen molar-refractivity contribution < 1.29 is 9.26 Å². The van der Waals surface area contributed by atoms with Gasteiger partial charge in [0.05, 0.1) is 6.61 Å². The molecule has 0 bridgehead atoms. The van der Waals surface area contributed by atoms with Gasteiger partial charge in [0.15, 0.2) is 0 Å². The molecular weight excluding hydrogens is 316 g/mol. The van der Waals surface area contributed by atoms with E-state index < -0.39 is 0 Å². The van der Waals surface area contributed by atoms with Gasteiger partial charge < -0.3 is 14.6 Å². The molecule has 0 aliphatic carbocycles. The highest BCUT2D eigenvalue weighted by Gasteiger charge is 2.26. The maximum atomic E-state index is 5.80. The van der Waals surface area contributed by atoms with Gasteiger partial charge in [-0.2, -0.15) is 4.98 Å². The van der Waals surface area contributed by atoms with Gasteiger partial charge in [0.2, 0.25) is 11.7 Å². The van der Waals surface area contributed by atoms with Gasteiger partial charge in [-0.1, -0.05) is 23.4 Å². The third-order valence-electron chi connectivity index (χ3n) is 4.31. The van der Waals surface area contributed by atoms with Crippen molar-refractivity contribution in [3.8, 4) is 0 Å². The number of nitrogens with zero attached hydrogens (tertiary/aromatic N) is 3. The zero-order chi connectivity index (χ0) is 14.9. The van der Waals surface area contributed by atoms with Crippen molar-refractivity contribution in [3.05, 3.63) is 41.0 Å². The van der Waals surface area contributed by atoms with Gasteiger partial charge in [-0.3, -0.25) is 4.90 Å². The minimum Gasteiger partial charge on any atom is -0.384 e. The number of rotatable bonds is 3. The van der Waals surface area contributed by atoms with E-state index in [4.69, 9.17) is 9.26 Å². The Labute approximate surface area is 141 Å². The molecule has 7 heteroatoms. The van der Waals surface area contributed by atoms with E-state index in [-0.39, 0.29) is 18.5 Å². The van der Waals surface area contributed by atoms with Crippen molar-refractivity contribution in [2.24, 2.45) is 0 Å². The van der Waals surface area contributed by atoms with Crippen LogP contribution >= 0.6 is 12.4 Å². The second-order valence-electron chi connectivity index (χ2n) is 5.89. The van der Waals surface area contributed by atoms with E-state index in [2.05, 4.69) is 38.6 Å². The molecule has 1 N–H and O–H groups in total. The number of nitrogens with one attached hydrogen (secondary N) is 1. The topological polar surface area (TPSA) is 63.4 Å². The van der Waals surface area contributed by atoms with Crippen molar-refractivity contribution in [2.45, 2.75) is 26.0 Å². The van der Waals surface area contributed by atoms with E-state index in [1.54, 1.807) is 6.92 Å². The summed E-state index contributed by atoms with van der Waals surface area (Å²) < 4.78 is 10.9. The number of fused-ring (bicyclic) bond motifs is 1. The minimum atomic E-state index is -0.101. The molecule has 23 heavy (non-hydrogen) atoms. The molecule has 3 heterocycles. The lowest BCUT2D eigenvalue weighted by molar-refractivity contribution is -0.0380. The van der Waals surface area contributed by atoms with E-state index in [1.165, 1.54) is 16.8 Å². The maximum absolute atomic E-state index is 5.80. The van der Waals surface area contributed by atoms with Gasteiger partial charge in [0.1, 0.15) is 6.10 Å². The third-order valence-corrected chi connectivity index (χ3v) is 4.31. The van der Waals surface area contributed by atoms with E-state index in [9.17, 15) is 0 Å². The molecule has 124 valence electrons. The Morgan fingerprint density at radius 1 is 1.39 bits per heavy atom. The first-order chi connectivity index (χ1) is 10.8. The lowest BCUT2D eigenvalue weighted by Crippen LogP contribution is -2.38. The summed E-state index contributed by atoms with van der Waals surface area (Å²) in [6.07, 6.45) is 1.02. The van der Waals surface area contributed by atoms with Crippen LogP contribution in [0.5, 0.6) is 0 Å². The summed E-state index contributed by atoms with van der Waals surface area (Å²) >= 11 is 0. The molecule has 1 fully saturated rings. The van der Waals surface area contributed by atoms with Gasteiger partial charge in [0.25, 0.3) is 0 Å². The first-order valence-corrected chi connectivity index (χ1v) is 7.78. The number of hydrogen-bond donors (Lipinski definition) is 1. The van der Waals surface area contributed by atoms with Gasteiger partial charge in [-0.15, -0.1) is 12.4 Å². The van der Waals surface area contributed by atoms with Crippen molar-refractivity contribution in [1.82, 2.24) is 15.0 Å². The van der Waals surface area contributed by atoms with E-state index >= 15 is 0 Å². The molecule has 1 aromatic heterocycles. The summed E-state index contributed by atoms with van der Waals surface area (Å²) in [7, 11) is 0. The number of aromatic nitrogens is 2. The molecule has 1 aromatic carbocycles. The fourth-order valence-corrected chi connectivity index (χ4v) is 3.23. The van der Waals surface area contributed by atoms with Crippen LogP contribution in [0.15, 0.2) is 22.7 Å². The Morgan fingerprint density at radius 3 is 3.13 bits per heavy atom. The molecule has 0 saturated carbocycles. The summed E-state index contributed by atoms with van der Waals surface area (Å²) in [5.41, 5.74) is 4.11. The molecule has 6 nitrogen and oxygen atoms in total. The fourth-order valence-electron chi connectivity index (χ4n) is 3.23. The number of aryl methyl sites for hydroxylation is 1. The van der Waals surface area contributed by atoms with Crippen LogP contribution in [0, 0.1) is 6.92 Å². The number of morpholine rings is 1. The molecule has 2 aliphatic heterocycles. The summed E-state index contributed by atoms with van der Waals surface area (Å²) in [5, 5.41) is 7.50. The second kappa shape index (κ2) is 6.86. The second-order valence-corrected chi connectivity index (χ2v) is 5.89. The molecule has 1 unspecified atom stereocenters. The molecule has 1 atom stereocenters. The Balaban J connectivity index is 0.00000156. The van der Waals surface area contributed by atoms with Gasteiger partial charge in [0, 0.05) is 38.8 Å². The summed E-state index contributed by atoms with van der Waals surface area (Å²) in [4.78, 5) is 6.69. The molecule has 0 radical (unpaired) electrons. The lowest BCUT2D eigenvalue weighted by Gasteiger charge is -2.31. The lowest BCUT2D eigenvalue weighted by atomic mass is 10.1. The van der Waals surface area contributed by atoms with Crippen LogP contribution in [0.1, 0.15) is 28.9 Å². The number of para-hydroxylation sites is 1. The average Bonchev–Trinajstić information content (AvgIpc) is 3.17. The molecule has 2 aliphatic rings. The number of ether oxygens (including phenoxy) is 1. The quantitative estimate of drug-likeness (QED) is 0.928. The zero-order valence-electron chi connectivity index (χ0n) is 13.1. The fraction of sp³-hybridized carbons (Fsp3) is 0.500. The molecule has 1 saturated heterocycles. The Morgan fingerprint density at radius 2 is 2.30 bits per heavy atom. The predicted octanol–water partition coefficient (Wildman–Crippen LogP) is 2.34. The minimum absolute atomic E-state index is 0. The summed E-state index contributed by atoms with van der Waals surface area (Å²) in [6, 6.07) is 6.57. The molecular formula is C16H21ClN4O2. The van der Waals surface area contributed by atoms with Crippen molar-refractivity contribution in [1.29, 1.82) is 0 Å². The van der Waals surface area contributed by atoms with Crippen molar-refractivity contribution in [3.63, 3.8) is 0 Å². The first kappa shape index (κ1) is 16.2. The van der Waals surface area contributed by atoms with Gasteiger partial charge in [-0.05, 0) is 17.5 Å². The highest BCUT2D eigenvalue weighted by Crippen LogP contribution is 2.29. The van der Waals surface area contributed by atoms with Crippen LogP contribution in [0.25, 0.3) is 0 Å².